The van der Waals surface area contributed by atoms with Gasteiger partial charge >= 0.3 is 5.97 Å². The molecule has 33 heavy (non-hydrogen) atoms. The number of aliphatic carboxylic acids is 1. The van der Waals surface area contributed by atoms with Crippen LogP contribution in [0.5, 0.6) is 5.75 Å². The summed E-state index contributed by atoms with van der Waals surface area (Å²) in [6.07, 6.45) is 1.63. The summed E-state index contributed by atoms with van der Waals surface area (Å²) in [5, 5.41) is 35.1. The van der Waals surface area contributed by atoms with E-state index in [4.69, 9.17) is 16.6 Å². The third kappa shape index (κ3) is 9.85. The van der Waals surface area contributed by atoms with E-state index < -0.39 is 54.5 Å². The van der Waals surface area contributed by atoms with Gasteiger partial charge in [-0.1, -0.05) is 18.6 Å². The molecule has 12 nitrogen and oxygen atoms in total. The molecule has 10 N–H and O–H groups in total. The molecule has 0 saturated heterocycles. The van der Waals surface area contributed by atoms with Gasteiger partial charge in [0.25, 0.3) is 0 Å². The molecule has 3 amide bonds. The first-order valence-corrected chi connectivity index (χ1v) is 10.6. The monoisotopic (exact) mass is 467 g/mol. The second-order valence-corrected chi connectivity index (χ2v) is 7.63. The number of amides is 3. The van der Waals surface area contributed by atoms with Crippen molar-refractivity contribution in [2.24, 2.45) is 11.5 Å². The minimum absolute atomic E-state index is 0.00847. The summed E-state index contributed by atoms with van der Waals surface area (Å²) in [5.41, 5.74) is 11.8. The van der Waals surface area contributed by atoms with E-state index in [1.807, 2.05) is 0 Å². The largest absolute Gasteiger partial charge is 0.508 e. The third-order valence-corrected chi connectivity index (χ3v) is 4.86. The lowest BCUT2D eigenvalue weighted by atomic mass is 10.0. The molecule has 0 aliphatic heterocycles. The maximum Gasteiger partial charge on any atom is 0.325 e. The number of carboxylic acids is 1. The number of aliphatic hydroxyl groups excluding tert-OH is 1. The highest BCUT2D eigenvalue weighted by molar-refractivity contribution is 5.94. The first kappa shape index (κ1) is 27.8. The standard InChI is InChI=1S/C21H33N5O7/c1-12(21(32)33)24-19(30)16(10-13-5-7-14(28)8-6-13)25-20(31)17(11-27)26-18(29)15(23)4-2-3-9-22/h5-8,12,15-17,27-28H,2-4,9-11,22-23H2,1H3,(H,24,30)(H,25,31)(H,26,29)(H,32,33). The summed E-state index contributed by atoms with van der Waals surface area (Å²) >= 11 is 0. The maximum atomic E-state index is 12.7. The van der Waals surface area contributed by atoms with Gasteiger partial charge in [0.05, 0.1) is 12.6 Å². The second kappa shape index (κ2) is 14.0. The van der Waals surface area contributed by atoms with Crippen molar-refractivity contribution in [3.63, 3.8) is 0 Å². The summed E-state index contributed by atoms with van der Waals surface area (Å²) < 4.78 is 0. The molecule has 12 heteroatoms. The van der Waals surface area contributed by atoms with Gasteiger partial charge in [0.2, 0.25) is 17.7 Å². The molecule has 4 atom stereocenters. The van der Waals surface area contributed by atoms with E-state index in [1.165, 1.54) is 31.2 Å². The number of carboxylic acid groups (broad SMARTS) is 1. The fraction of sp³-hybridized carbons (Fsp3) is 0.524. The van der Waals surface area contributed by atoms with Crippen LogP contribution in [-0.4, -0.2) is 76.3 Å². The lowest BCUT2D eigenvalue weighted by Crippen LogP contribution is -2.58. The SMILES string of the molecule is CC(NC(=O)C(Cc1ccc(O)cc1)NC(=O)C(CO)NC(=O)C(N)CCCCN)C(=O)O. The number of carbonyl (C=O) groups is 4. The molecule has 0 bridgehead atoms. The van der Waals surface area contributed by atoms with Crippen molar-refractivity contribution in [2.75, 3.05) is 13.2 Å². The number of phenolic OH excluding ortho intramolecular Hbond substituents is 1. The predicted molar refractivity (Wildman–Crippen MR) is 119 cm³/mol. The van der Waals surface area contributed by atoms with Gasteiger partial charge in [-0.25, -0.2) is 0 Å². The van der Waals surface area contributed by atoms with Crippen molar-refractivity contribution in [2.45, 2.75) is 56.8 Å². The van der Waals surface area contributed by atoms with Gasteiger partial charge in [-0.3, -0.25) is 19.2 Å². The fourth-order valence-corrected chi connectivity index (χ4v) is 2.84. The average Bonchev–Trinajstić information content (AvgIpc) is 2.77. The molecule has 184 valence electrons. The van der Waals surface area contributed by atoms with Crippen LogP contribution in [0.25, 0.3) is 0 Å². The quantitative estimate of drug-likeness (QED) is 0.141. The molecule has 0 aliphatic carbocycles. The first-order chi connectivity index (χ1) is 15.6. The van der Waals surface area contributed by atoms with E-state index in [0.29, 0.717) is 31.4 Å². The highest BCUT2D eigenvalue weighted by Crippen LogP contribution is 2.12. The predicted octanol–water partition coefficient (Wildman–Crippen LogP) is -2.06. The molecule has 0 heterocycles. The zero-order valence-corrected chi connectivity index (χ0v) is 18.5. The number of unbranched alkanes of at least 4 members (excludes halogenated alkanes) is 1. The third-order valence-electron chi connectivity index (χ3n) is 4.86. The molecular weight excluding hydrogens is 434 g/mol. The number of carbonyl (C=O) groups excluding carboxylic acids is 3. The zero-order valence-electron chi connectivity index (χ0n) is 18.5. The van der Waals surface area contributed by atoms with Gasteiger partial charge < -0.3 is 42.7 Å². The van der Waals surface area contributed by atoms with Gasteiger partial charge in [-0.2, -0.15) is 0 Å². The Kier molecular flexibility index (Phi) is 11.8. The summed E-state index contributed by atoms with van der Waals surface area (Å²) in [4.78, 5) is 48.7. The molecule has 0 radical (unpaired) electrons. The number of aliphatic hydroxyl groups is 1. The Balaban J connectivity index is 2.90. The molecule has 0 saturated carbocycles. The van der Waals surface area contributed by atoms with Gasteiger partial charge in [0.15, 0.2) is 0 Å². The molecule has 1 rings (SSSR count). The molecule has 1 aromatic rings. The molecule has 0 aromatic heterocycles. The number of hydrogen-bond donors (Lipinski definition) is 8. The summed E-state index contributed by atoms with van der Waals surface area (Å²) in [5.74, 6) is -3.51. The molecule has 0 spiro atoms. The van der Waals surface area contributed by atoms with E-state index in [-0.39, 0.29) is 12.2 Å². The summed E-state index contributed by atoms with van der Waals surface area (Å²) in [6, 6.07) is 1.17. The number of phenols is 1. The zero-order chi connectivity index (χ0) is 25.0. The summed E-state index contributed by atoms with van der Waals surface area (Å²) in [6.45, 7) is 0.982. The number of aromatic hydroxyl groups is 1. The smallest absolute Gasteiger partial charge is 0.325 e. The number of rotatable bonds is 14. The minimum Gasteiger partial charge on any atom is -0.508 e. The highest BCUT2D eigenvalue weighted by Gasteiger charge is 2.29. The van der Waals surface area contributed by atoms with E-state index >= 15 is 0 Å². The number of nitrogens with one attached hydrogen (secondary N) is 3. The Morgan fingerprint density at radius 1 is 0.939 bits per heavy atom. The Labute approximate surface area is 191 Å². The Morgan fingerprint density at radius 3 is 2.06 bits per heavy atom. The van der Waals surface area contributed by atoms with E-state index in [9.17, 15) is 29.4 Å². The van der Waals surface area contributed by atoms with Crippen molar-refractivity contribution in [3.05, 3.63) is 29.8 Å². The molecule has 0 fully saturated rings. The molecule has 4 unspecified atom stereocenters. The Morgan fingerprint density at radius 2 is 1.52 bits per heavy atom. The van der Waals surface area contributed by atoms with Crippen LogP contribution in [0.1, 0.15) is 31.7 Å². The normalized spacial score (nSPS) is 14.4. The van der Waals surface area contributed by atoms with Crippen LogP contribution in [0.15, 0.2) is 24.3 Å². The van der Waals surface area contributed by atoms with Crippen LogP contribution in [0, 0.1) is 0 Å². The molecule has 1 aromatic carbocycles. The lowest BCUT2D eigenvalue weighted by molar-refractivity contribution is -0.141. The van der Waals surface area contributed by atoms with Crippen molar-refractivity contribution in [1.29, 1.82) is 0 Å². The molecule has 0 aliphatic rings. The van der Waals surface area contributed by atoms with E-state index in [0.717, 1.165) is 0 Å². The minimum atomic E-state index is -1.37. The van der Waals surface area contributed by atoms with Crippen molar-refractivity contribution in [1.82, 2.24) is 16.0 Å². The highest BCUT2D eigenvalue weighted by atomic mass is 16.4. The Bertz CT molecular complexity index is 803. The van der Waals surface area contributed by atoms with Gasteiger partial charge in [0, 0.05) is 6.42 Å². The van der Waals surface area contributed by atoms with Crippen molar-refractivity contribution < 1.29 is 34.5 Å². The average molecular weight is 468 g/mol. The first-order valence-electron chi connectivity index (χ1n) is 10.6. The van der Waals surface area contributed by atoms with E-state index in [2.05, 4.69) is 16.0 Å². The van der Waals surface area contributed by atoms with Crippen LogP contribution in [0.3, 0.4) is 0 Å². The van der Waals surface area contributed by atoms with Gasteiger partial charge in [0.1, 0.15) is 23.9 Å². The topological polar surface area (TPSA) is 217 Å². The number of benzene rings is 1. The van der Waals surface area contributed by atoms with Crippen LogP contribution in [-0.2, 0) is 25.6 Å². The van der Waals surface area contributed by atoms with Crippen molar-refractivity contribution >= 4 is 23.7 Å². The van der Waals surface area contributed by atoms with Crippen LogP contribution in [0.2, 0.25) is 0 Å². The number of hydrogen-bond acceptors (Lipinski definition) is 8. The van der Waals surface area contributed by atoms with Crippen LogP contribution in [0.4, 0.5) is 0 Å². The van der Waals surface area contributed by atoms with Crippen molar-refractivity contribution in [3.8, 4) is 5.75 Å². The fourth-order valence-electron chi connectivity index (χ4n) is 2.84. The Hall–Kier alpha value is -3.22. The van der Waals surface area contributed by atoms with Gasteiger partial charge in [-0.15, -0.1) is 0 Å². The van der Waals surface area contributed by atoms with Gasteiger partial charge in [-0.05, 0) is 44.0 Å². The van der Waals surface area contributed by atoms with Crippen LogP contribution < -0.4 is 27.4 Å². The maximum absolute atomic E-state index is 12.7. The second-order valence-electron chi connectivity index (χ2n) is 7.63. The van der Waals surface area contributed by atoms with Crippen LogP contribution >= 0.6 is 0 Å². The van der Waals surface area contributed by atoms with E-state index in [1.54, 1.807) is 0 Å². The molecular formula is C21H33N5O7. The number of nitrogens with two attached hydrogens (primary N) is 2. The lowest BCUT2D eigenvalue weighted by Gasteiger charge is -2.24. The summed E-state index contributed by atoms with van der Waals surface area (Å²) in [7, 11) is 0.